The number of nitrogens with one attached hydrogen (secondary N) is 1. The van der Waals surface area contributed by atoms with Gasteiger partial charge in [0.05, 0.1) is 6.54 Å². The Hall–Kier alpha value is -1.51. The highest BCUT2D eigenvalue weighted by Gasteiger charge is 2.19. The van der Waals surface area contributed by atoms with Crippen LogP contribution >= 0.6 is 0 Å². The molecule has 0 atom stereocenters. The molecule has 2 heterocycles. The van der Waals surface area contributed by atoms with Crippen LogP contribution in [-0.4, -0.2) is 46.3 Å². The Morgan fingerprint density at radius 3 is 2.95 bits per heavy atom. The predicted molar refractivity (Wildman–Crippen MR) is 86.1 cm³/mol. The van der Waals surface area contributed by atoms with Crippen LogP contribution in [0.3, 0.4) is 0 Å². The SMILES string of the molecule is CNCCN1CCOc2cc(C#C[Si](C)(C)C)cnc21. The van der Waals surface area contributed by atoms with Crippen LogP contribution in [0.25, 0.3) is 0 Å². The molecule has 0 aliphatic carbocycles. The third-order valence-corrected chi connectivity index (χ3v) is 3.84. The van der Waals surface area contributed by atoms with E-state index in [1.165, 1.54) is 0 Å². The Balaban J connectivity index is 2.20. The molecule has 0 amide bonds. The zero-order valence-electron chi connectivity index (χ0n) is 12.8. The number of fused-ring (bicyclic) bond motifs is 1. The number of rotatable bonds is 3. The van der Waals surface area contributed by atoms with Crippen molar-refractivity contribution >= 4 is 13.9 Å². The summed E-state index contributed by atoms with van der Waals surface area (Å²) in [5.41, 5.74) is 4.31. The summed E-state index contributed by atoms with van der Waals surface area (Å²) in [6.45, 7) is 10.2. The second-order valence-corrected chi connectivity index (χ2v) is 10.7. The molecule has 0 bridgehead atoms. The fourth-order valence-corrected chi connectivity index (χ4v) is 2.46. The van der Waals surface area contributed by atoms with Gasteiger partial charge in [0.1, 0.15) is 14.7 Å². The molecule has 1 aliphatic heterocycles. The van der Waals surface area contributed by atoms with Crippen LogP contribution in [0.1, 0.15) is 5.56 Å². The van der Waals surface area contributed by atoms with E-state index in [0.29, 0.717) is 6.61 Å². The van der Waals surface area contributed by atoms with E-state index in [2.05, 4.69) is 46.3 Å². The van der Waals surface area contributed by atoms with Gasteiger partial charge in [0.2, 0.25) is 0 Å². The average molecular weight is 289 g/mol. The number of hydrogen-bond donors (Lipinski definition) is 1. The van der Waals surface area contributed by atoms with Gasteiger partial charge in [-0.3, -0.25) is 0 Å². The molecule has 5 heteroatoms. The lowest BCUT2D eigenvalue weighted by molar-refractivity contribution is 0.305. The molecular weight excluding hydrogens is 266 g/mol. The zero-order chi connectivity index (χ0) is 14.6. The van der Waals surface area contributed by atoms with E-state index < -0.39 is 8.07 Å². The number of aromatic nitrogens is 1. The van der Waals surface area contributed by atoms with Gasteiger partial charge < -0.3 is 15.0 Å². The average Bonchev–Trinajstić information content (AvgIpc) is 2.41. The number of nitrogens with zero attached hydrogens (tertiary/aromatic N) is 2. The summed E-state index contributed by atoms with van der Waals surface area (Å²) in [4.78, 5) is 6.80. The molecule has 20 heavy (non-hydrogen) atoms. The van der Waals surface area contributed by atoms with Crippen LogP contribution in [0.2, 0.25) is 19.6 Å². The predicted octanol–water partition coefficient (Wildman–Crippen LogP) is 1.73. The third-order valence-electron chi connectivity index (χ3n) is 2.96. The van der Waals surface area contributed by atoms with Crippen LogP contribution in [0.4, 0.5) is 5.82 Å². The van der Waals surface area contributed by atoms with Gasteiger partial charge in [-0.1, -0.05) is 25.6 Å². The summed E-state index contributed by atoms with van der Waals surface area (Å²) < 4.78 is 5.73. The lowest BCUT2D eigenvalue weighted by Gasteiger charge is -2.29. The molecule has 108 valence electrons. The van der Waals surface area contributed by atoms with Crippen molar-refractivity contribution in [1.82, 2.24) is 10.3 Å². The van der Waals surface area contributed by atoms with Gasteiger partial charge in [-0.25, -0.2) is 4.98 Å². The van der Waals surface area contributed by atoms with E-state index in [4.69, 9.17) is 4.74 Å². The van der Waals surface area contributed by atoms with Crippen LogP contribution in [0.15, 0.2) is 12.3 Å². The van der Waals surface area contributed by atoms with Crippen LogP contribution in [-0.2, 0) is 0 Å². The van der Waals surface area contributed by atoms with E-state index in [1.54, 1.807) is 0 Å². The molecule has 0 saturated heterocycles. The summed E-state index contributed by atoms with van der Waals surface area (Å²) in [7, 11) is 0.607. The van der Waals surface area contributed by atoms with Crippen molar-refractivity contribution in [3.05, 3.63) is 17.8 Å². The highest BCUT2D eigenvalue weighted by Crippen LogP contribution is 2.29. The number of ether oxygens (including phenoxy) is 1. The molecule has 0 radical (unpaired) electrons. The maximum atomic E-state index is 5.73. The van der Waals surface area contributed by atoms with Gasteiger partial charge >= 0.3 is 0 Å². The molecule has 1 N–H and O–H groups in total. The molecule has 0 unspecified atom stereocenters. The van der Waals surface area contributed by atoms with Gasteiger partial charge in [-0.15, -0.1) is 5.54 Å². The topological polar surface area (TPSA) is 37.4 Å². The number of pyridine rings is 1. The van der Waals surface area contributed by atoms with Crippen molar-refractivity contribution in [2.24, 2.45) is 0 Å². The van der Waals surface area contributed by atoms with Crippen molar-refractivity contribution in [3.8, 4) is 17.2 Å². The van der Waals surface area contributed by atoms with E-state index in [9.17, 15) is 0 Å². The van der Waals surface area contributed by atoms with Crippen molar-refractivity contribution in [2.75, 3.05) is 38.2 Å². The summed E-state index contributed by atoms with van der Waals surface area (Å²) >= 11 is 0. The van der Waals surface area contributed by atoms with Crippen molar-refractivity contribution in [2.45, 2.75) is 19.6 Å². The number of likely N-dealkylation sites (N-methyl/N-ethyl adjacent to an activating group) is 1. The van der Waals surface area contributed by atoms with Crippen molar-refractivity contribution in [3.63, 3.8) is 0 Å². The second-order valence-electron chi connectivity index (χ2n) is 5.98. The number of anilines is 1. The molecule has 1 aromatic heterocycles. The largest absolute Gasteiger partial charge is 0.488 e. The maximum Gasteiger partial charge on any atom is 0.171 e. The highest BCUT2D eigenvalue weighted by atomic mass is 28.3. The molecule has 2 rings (SSSR count). The Bertz CT molecular complexity index is 528. The Morgan fingerprint density at radius 2 is 2.25 bits per heavy atom. The van der Waals surface area contributed by atoms with Crippen LogP contribution in [0, 0.1) is 11.5 Å². The lowest BCUT2D eigenvalue weighted by Crippen LogP contribution is -2.37. The smallest absolute Gasteiger partial charge is 0.171 e. The minimum Gasteiger partial charge on any atom is -0.488 e. The van der Waals surface area contributed by atoms with E-state index in [0.717, 1.165) is 36.8 Å². The first-order chi connectivity index (χ1) is 9.49. The second kappa shape index (κ2) is 6.29. The van der Waals surface area contributed by atoms with E-state index in [1.807, 2.05) is 19.3 Å². The zero-order valence-corrected chi connectivity index (χ0v) is 13.8. The highest BCUT2D eigenvalue weighted by molar-refractivity contribution is 6.83. The third kappa shape index (κ3) is 3.99. The fraction of sp³-hybridized carbons (Fsp3) is 0.533. The minimum atomic E-state index is -1.36. The monoisotopic (exact) mass is 289 g/mol. The van der Waals surface area contributed by atoms with E-state index in [-0.39, 0.29) is 0 Å². The lowest BCUT2D eigenvalue weighted by atomic mass is 10.2. The Kier molecular flexibility index (Phi) is 4.68. The molecule has 1 aliphatic rings. The quantitative estimate of drug-likeness (QED) is 0.679. The van der Waals surface area contributed by atoms with Crippen LogP contribution in [0.5, 0.6) is 5.75 Å². The first-order valence-corrected chi connectivity index (χ1v) is 10.6. The van der Waals surface area contributed by atoms with Gasteiger partial charge in [0.15, 0.2) is 11.6 Å². The summed E-state index contributed by atoms with van der Waals surface area (Å²) in [6, 6.07) is 2.01. The summed E-state index contributed by atoms with van der Waals surface area (Å²) in [6.07, 6.45) is 1.85. The minimum absolute atomic E-state index is 0.712. The molecular formula is C15H23N3OSi. The van der Waals surface area contributed by atoms with Gasteiger partial charge in [-0.05, 0) is 7.05 Å². The standard InChI is InChI=1S/C15H23N3OSi/c1-16-6-7-18-8-9-19-14-11-13(12-17-15(14)18)5-10-20(2,3)4/h11-12,16H,6-9H2,1-4H3. The Labute approximate surface area is 122 Å². The first kappa shape index (κ1) is 14.9. The van der Waals surface area contributed by atoms with Gasteiger partial charge in [0, 0.05) is 30.9 Å². The van der Waals surface area contributed by atoms with E-state index >= 15 is 0 Å². The molecule has 0 saturated carbocycles. The molecule has 0 spiro atoms. The summed E-state index contributed by atoms with van der Waals surface area (Å²) in [5, 5.41) is 3.17. The van der Waals surface area contributed by atoms with Gasteiger partial charge in [0.25, 0.3) is 0 Å². The molecule has 0 aromatic carbocycles. The first-order valence-electron chi connectivity index (χ1n) is 7.05. The van der Waals surface area contributed by atoms with Crippen LogP contribution < -0.4 is 15.0 Å². The van der Waals surface area contributed by atoms with Crippen molar-refractivity contribution in [1.29, 1.82) is 0 Å². The van der Waals surface area contributed by atoms with Gasteiger partial charge in [-0.2, -0.15) is 0 Å². The molecule has 0 fully saturated rings. The number of hydrogen-bond acceptors (Lipinski definition) is 4. The maximum absolute atomic E-state index is 5.73. The normalized spacial score (nSPS) is 14.1. The summed E-state index contributed by atoms with van der Waals surface area (Å²) in [5.74, 6) is 5.02. The van der Waals surface area contributed by atoms with Crippen molar-refractivity contribution < 1.29 is 4.74 Å². The molecule has 4 nitrogen and oxygen atoms in total. The Morgan fingerprint density at radius 1 is 1.45 bits per heavy atom. The fourth-order valence-electron chi connectivity index (χ4n) is 1.95. The molecule has 1 aromatic rings.